The molecule has 0 unspecified atom stereocenters. The summed E-state index contributed by atoms with van der Waals surface area (Å²) in [5.74, 6) is -0.415. The van der Waals surface area contributed by atoms with Crippen LogP contribution in [0.15, 0.2) is 48.5 Å². The van der Waals surface area contributed by atoms with E-state index in [4.69, 9.17) is 4.74 Å². The lowest BCUT2D eigenvalue weighted by molar-refractivity contribution is -0.0513. The number of nitrogens with zero attached hydrogens (tertiary/aromatic N) is 3. The van der Waals surface area contributed by atoms with Gasteiger partial charge in [0.05, 0.1) is 18.5 Å². The van der Waals surface area contributed by atoms with Crippen molar-refractivity contribution in [1.82, 2.24) is 15.0 Å². The van der Waals surface area contributed by atoms with E-state index in [-0.39, 0.29) is 22.8 Å². The normalized spacial score (nSPS) is 11.2. The van der Waals surface area contributed by atoms with Gasteiger partial charge in [-0.05, 0) is 44.2 Å². The minimum absolute atomic E-state index is 0.140. The number of hydrogen-bond acceptors (Lipinski definition) is 5. The van der Waals surface area contributed by atoms with Crippen LogP contribution in [-0.4, -0.2) is 34.5 Å². The molecule has 1 heterocycles. The molecule has 0 aliphatic carbocycles. The number of carbonyl (C=O) groups is 1. The number of ether oxygens (including phenoxy) is 2. The molecular weight excluding hydrogens is 380 g/mol. The summed E-state index contributed by atoms with van der Waals surface area (Å²) in [5.41, 5.74) is 2.90. The molecule has 0 saturated heterocycles. The Morgan fingerprint density at radius 2 is 1.86 bits per heavy atom. The van der Waals surface area contributed by atoms with Crippen LogP contribution in [0.5, 0.6) is 11.5 Å². The van der Waals surface area contributed by atoms with Crippen LogP contribution in [0, 0.1) is 13.8 Å². The molecular formula is C21H19F2N3O3. The molecule has 6 nitrogen and oxygen atoms in total. The minimum Gasteiger partial charge on any atom is -0.493 e. The van der Waals surface area contributed by atoms with Crippen LogP contribution in [0.4, 0.5) is 8.78 Å². The number of aryl methyl sites for hydroxylation is 1. The van der Waals surface area contributed by atoms with E-state index in [2.05, 4.69) is 15.0 Å². The van der Waals surface area contributed by atoms with Gasteiger partial charge in [-0.25, -0.2) is 4.68 Å². The lowest BCUT2D eigenvalue weighted by atomic mass is 10.1. The second-order valence-corrected chi connectivity index (χ2v) is 6.23. The molecule has 150 valence electrons. The van der Waals surface area contributed by atoms with Crippen molar-refractivity contribution in [3.63, 3.8) is 0 Å². The first-order chi connectivity index (χ1) is 13.9. The molecule has 3 rings (SSSR count). The van der Waals surface area contributed by atoms with Crippen molar-refractivity contribution in [3.8, 4) is 17.2 Å². The zero-order chi connectivity index (χ0) is 21.0. The molecule has 1 aromatic heterocycles. The van der Waals surface area contributed by atoms with E-state index in [1.165, 1.54) is 25.3 Å². The Bertz CT molecular complexity index is 1040. The van der Waals surface area contributed by atoms with E-state index in [0.717, 1.165) is 11.3 Å². The molecule has 0 N–H and O–H groups in total. The summed E-state index contributed by atoms with van der Waals surface area (Å²) in [6.07, 6.45) is 2.62. The summed E-state index contributed by atoms with van der Waals surface area (Å²) in [6.45, 7) is 0.686. The first-order valence-electron chi connectivity index (χ1n) is 8.74. The van der Waals surface area contributed by atoms with Crippen molar-refractivity contribution in [1.29, 1.82) is 0 Å². The van der Waals surface area contributed by atoms with Gasteiger partial charge in [-0.3, -0.25) is 4.79 Å². The quantitative estimate of drug-likeness (QED) is 0.435. The predicted molar refractivity (Wildman–Crippen MR) is 104 cm³/mol. The summed E-state index contributed by atoms with van der Waals surface area (Å²) in [7, 11) is 1.35. The van der Waals surface area contributed by atoms with E-state index in [0.29, 0.717) is 5.69 Å². The van der Waals surface area contributed by atoms with Gasteiger partial charge in [-0.15, -0.1) is 5.10 Å². The van der Waals surface area contributed by atoms with E-state index in [1.54, 1.807) is 23.7 Å². The Balaban J connectivity index is 1.88. The van der Waals surface area contributed by atoms with E-state index in [1.807, 2.05) is 31.2 Å². The second kappa shape index (κ2) is 8.64. The van der Waals surface area contributed by atoms with Crippen LogP contribution >= 0.6 is 0 Å². The molecule has 0 fully saturated rings. The van der Waals surface area contributed by atoms with Crippen molar-refractivity contribution in [2.75, 3.05) is 7.11 Å². The average Bonchev–Trinajstić information content (AvgIpc) is 3.08. The Morgan fingerprint density at radius 1 is 1.14 bits per heavy atom. The Kier molecular flexibility index (Phi) is 6.01. The third kappa shape index (κ3) is 4.48. The molecule has 8 heteroatoms. The highest BCUT2D eigenvalue weighted by Gasteiger charge is 2.17. The fourth-order valence-corrected chi connectivity index (χ4v) is 2.77. The summed E-state index contributed by atoms with van der Waals surface area (Å²) in [6, 6.07) is 12.3. The third-order valence-corrected chi connectivity index (χ3v) is 4.26. The Morgan fingerprint density at radius 3 is 2.52 bits per heavy atom. The van der Waals surface area contributed by atoms with Crippen molar-refractivity contribution >= 4 is 11.9 Å². The summed E-state index contributed by atoms with van der Waals surface area (Å²) in [5, 5.41) is 8.01. The smallest absolute Gasteiger partial charge is 0.387 e. The van der Waals surface area contributed by atoms with Gasteiger partial charge in [0.15, 0.2) is 17.2 Å². The van der Waals surface area contributed by atoms with Gasteiger partial charge in [0.2, 0.25) is 5.78 Å². The Hall–Kier alpha value is -3.55. The van der Waals surface area contributed by atoms with Crippen molar-refractivity contribution in [2.24, 2.45) is 0 Å². The monoisotopic (exact) mass is 399 g/mol. The van der Waals surface area contributed by atoms with Crippen LogP contribution in [0.2, 0.25) is 0 Å². The standard InChI is InChI=1S/C21H19F2N3O3/c1-13-7-10-16(11-8-13)26-14(2)19(24-25-26)17(27)12-9-15-5-4-6-18(28-3)20(15)29-21(22)23/h4-12,21H,1-3H3/b12-9+. The maximum atomic E-state index is 12.7. The molecule has 0 amide bonds. The van der Waals surface area contributed by atoms with Gasteiger partial charge in [0, 0.05) is 5.56 Å². The van der Waals surface area contributed by atoms with E-state index in [9.17, 15) is 13.6 Å². The van der Waals surface area contributed by atoms with Crippen LogP contribution in [-0.2, 0) is 0 Å². The average molecular weight is 399 g/mol. The predicted octanol–water partition coefficient (Wildman–Crippen LogP) is 4.39. The second-order valence-electron chi connectivity index (χ2n) is 6.23. The largest absolute Gasteiger partial charge is 0.493 e. The molecule has 0 radical (unpaired) electrons. The number of aromatic nitrogens is 3. The first kappa shape index (κ1) is 20.2. The maximum absolute atomic E-state index is 12.7. The van der Waals surface area contributed by atoms with Crippen LogP contribution < -0.4 is 9.47 Å². The minimum atomic E-state index is -3.02. The van der Waals surface area contributed by atoms with Gasteiger partial charge in [-0.1, -0.05) is 35.0 Å². The molecule has 0 saturated carbocycles. The summed E-state index contributed by atoms with van der Waals surface area (Å²) in [4.78, 5) is 12.6. The number of hydrogen-bond donors (Lipinski definition) is 0. The summed E-state index contributed by atoms with van der Waals surface area (Å²) >= 11 is 0. The molecule has 0 atom stereocenters. The molecule has 3 aromatic rings. The van der Waals surface area contributed by atoms with Crippen molar-refractivity contribution < 1.29 is 23.0 Å². The highest BCUT2D eigenvalue weighted by atomic mass is 19.3. The SMILES string of the molecule is COc1cccc(/C=C/C(=O)c2nnn(-c3ccc(C)cc3)c2C)c1OC(F)F. The zero-order valence-corrected chi connectivity index (χ0v) is 16.1. The molecule has 0 spiro atoms. The highest BCUT2D eigenvalue weighted by Crippen LogP contribution is 2.33. The number of rotatable bonds is 7. The highest BCUT2D eigenvalue weighted by molar-refractivity contribution is 6.06. The van der Waals surface area contributed by atoms with Crippen LogP contribution in [0.1, 0.15) is 27.3 Å². The van der Waals surface area contributed by atoms with Gasteiger partial charge in [0.25, 0.3) is 0 Å². The van der Waals surface area contributed by atoms with Crippen LogP contribution in [0.25, 0.3) is 11.8 Å². The summed E-state index contributed by atoms with van der Waals surface area (Å²) < 4.78 is 36.6. The van der Waals surface area contributed by atoms with Gasteiger partial charge >= 0.3 is 6.61 Å². The molecule has 29 heavy (non-hydrogen) atoms. The fraction of sp³-hybridized carbons (Fsp3) is 0.190. The fourth-order valence-electron chi connectivity index (χ4n) is 2.77. The number of para-hydroxylation sites is 1. The third-order valence-electron chi connectivity index (χ3n) is 4.26. The van der Waals surface area contributed by atoms with Crippen molar-refractivity contribution in [2.45, 2.75) is 20.5 Å². The molecule has 0 bridgehead atoms. The maximum Gasteiger partial charge on any atom is 0.387 e. The zero-order valence-electron chi connectivity index (χ0n) is 16.1. The Labute approximate surface area is 166 Å². The van der Waals surface area contributed by atoms with E-state index >= 15 is 0 Å². The van der Waals surface area contributed by atoms with Gasteiger partial charge in [0.1, 0.15) is 0 Å². The molecule has 0 aliphatic heterocycles. The number of carbonyl (C=O) groups excluding carboxylic acids is 1. The van der Waals surface area contributed by atoms with Crippen LogP contribution in [0.3, 0.4) is 0 Å². The number of alkyl halides is 2. The number of halogens is 2. The number of allylic oxidation sites excluding steroid dienone is 1. The number of benzene rings is 2. The topological polar surface area (TPSA) is 66.2 Å². The molecule has 2 aromatic carbocycles. The number of methoxy groups -OCH3 is 1. The lowest BCUT2D eigenvalue weighted by Crippen LogP contribution is -2.05. The van der Waals surface area contributed by atoms with E-state index < -0.39 is 12.4 Å². The lowest BCUT2D eigenvalue weighted by Gasteiger charge is -2.12. The first-order valence-corrected chi connectivity index (χ1v) is 8.74. The van der Waals surface area contributed by atoms with Crippen molar-refractivity contribution in [3.05, 3.63) is 71.1 Å². The van der Waals surface area contributed by atoms with Gasteiger partial charge < -0.3 is 9.47 Å². The number of ketones is 1. The van der Waals surface area contributed by atoms with Gasteiger partial charge in [-0.2, -0.15) is 8.78 Å². The molecule has 0 aliphatic rings.